The Morgan fingerprint density at radius 3 is 1.00 bits per heavy atom. The van der Waals surface area contributed by atoms with Crippen molar-refractivity contribution in [2.45, 2.75) is 305 Å². The van der Waals surface area contributed by atoms with Gasteiger partial charge in [0.25, 0.3) is 0 Å². The number of nitrogens with two attached hydrogens (primary N) is 1. The van der Waals surface area contributed by atoms with Gasteiger partial charge in [0, 0.05) is 129 Å². The van der Waals surface area contributed by atoms with Gasteiger partial charge in [-0.3, -0.25) is 47.9 Å². The number of rotatable bonds is 61. The van der Waals surface area contributed by atoms with E-state index >= 15 is 0 Å². The first kappa shape index (κ1) is 90.6. The summed E-state index contributed by atoms with van der Waals surface area (Å²) in [6.07, 6.45) is -3.80. The third-order valence-electron chi connectivity index (χ3n) is 18.2. The molecular formula is C71H122N4O28. The van der Waals surface area contributed by atoms with E-state index in [4.69, 9.17) is 44.0 Å². The van der Waals surface area contributed by atoms with Crippen molar-refractivity contribution in [3.8, 4) is 0 Å². The Kier molecular flexibility index (Phi) is 46.6. The number of hydrogen-bond donors (Lipinski definition) is 13. The van der Waals surface area contributed by atoms with Crippen LogP contribution in [0.2, 0.25) is 1.41 Å². The van der Waals surface area contributed by atoms with Crippen molar-refractivity contribution in [3.05, 3.63) is 0 Å². The van der Waals surface area contributed by atoms with Gasteiger partial charge in [-0.2, -0.15) is 0 Å². The van der Waals surface area contributed by atoms with Gasteiger partial charge in [0.2, 0.25) is 23.6 Å². The Morgan fingerprint density at radius 1 is 0.379 bits per heavy atom. The van der Waals surface area contributed by atoms with Crippen LogP contribution < -0.4 is 21.7 Å². The summed E-state index contributed by atoms with van der Waals surface area (Å²) in [6.45, 7) is 2.17. The number of carbonyl (C=O) groups excluding carboxylic acids is 10. The van der Waals surface area contributed by atoms with E-state index in [9.17, 15) is 93.9 Å². The zero-order valence-corrected chi connectivity index (χ0v) is 60.6. The second-order valence-corrected chi connectivity index (χ2v) is 27.3. The first-order valence-electron chi connectivity index (χ1n) is 37.4. The normalized spacial score (nSPS) is 25.6. The number of Topliss-reactive ketones (excluding diaryl/α,β-unsaturated/α-hetero) is 6. The molecule has 15 unspecified atom stereocenters. The van der Waals surface area contributed by atoms with E-state index in [1.807, 2.05) is 0 Å². The molecule has 3 aliphatic heterocycles. The Morgan fingerprint density at radius 2 is 0.680 bits per heavy atom. The first-order valence-corrected chi connectivity index (χ1v) is 36.9. The molecule has 32 heteroatoms. The number of nitrogens with one attached hydrogen (secondary N) is 3. The number of amides is 4. The number of carbonyl (C=O) groups is 10. The highest BCUT2D eigenvalue weighted by molar-refractivity contribution is 5.81. The van der Waals surface area contributed by atoms with Crippen molar-refractivity contribution in [1.82, 2.24) is 16.0 Å². The smallest absolute Gasteiger partial charge is 0.220 e. The van der Waals surface area contributed by atoms with Crippen LogP contribution in [0.25, 0.3) is 0 Å². The fourth-order valence-electron chi connectivity index (χ4n) is 12.1. The molecule has 103 heavy (non-hydrogen) atoms. The summed E-state index contributed by atoms with van der Waals surface area (Å²) >= 11 is 0. The average molecular weight is 1480 g/mol. The molecule has 0 bridgehead atoms. The predicted molar refractivity (Wildman–Crippen MR) is 367 cm³/mol. The Hall–Kier alpha value is -4.82. The van der Waals surface area contributed by atoms with E-state index < -0.39 is 141 Å². The lowest BCUT2D eigenvalue weighted by molar-refractivity contribution is -0.282. The molecule has 3 heterocycles. The van der Waals surface area contributed by atoms with Crippen molar-refractivity contribution in [3.63, 3.8) is 0 Å². The summed E-state index contributed by atoms with van der Waals surface area (Å²) in [5, 5.41) is 98.3. The van der Waals surface area contributed by atoms with E-state index in [0.29, 0.717) is 122 Å². The third kappa shape index (κ3) is 38.0. The molecule has 0 aromatic carbocycles. The molecule has 0 saturated carbocycles. The van der Waals surface area contributed by atoms with Crippen LogP contribution in [0.3, 0.4) is 0 Å². The zero-order valence-electron chi connectivity index (χ0n) is 61.6. The van der Waals surface area contributed by atoms with Crippen LogP contribution in [0.5, 0.6) is 0 Å². The number of primary amides is 1. The summed E-state index contributed by atoms with van der Waals surface area (Å²) < 4.78 is 59.2. The molecule has 32 nitrogen and oxygen atoms in total. The van der Waals surface area contributed by atoms with Crippen molar-refractivity contribution in [2.75, 3.05) is 79.3 Å². The highest BCUT2D eigenvalue weighted by Gasteiger charge is 2.47. The molecule has 0 aromatic heterocycles. The monoisotopic (exact) mass is 1480 g/mol. The predicted octanol–water partition coefficient (Wildman–Crippen LogP) is 0.506. The van der Waals surface area contributed by atoms with E-state index in [1.165, 1.54) is 13.8 Å². The van der Waals surface area contributed by atoms with Crippen LogP contribution in [0.15, 0.2) is 0 Å². The van der Waals surface area contributed by atoms with Crippen LogP contribution in [-0.4, -0.2) is 275 Å². The highest BCUT2D eigenvalue weighted by atomic mass is 16.7. The molecular weight excluding hydrogens is 1360 g/mol. The SMILES string of the molecule is [3H]NC(=O)CCCC(=O)NC(COCCC(=O)CCCCCC(=O)CCCCOC1OC(CO)C(O)C(O)C1C)(COCCC(=O)CCCCCC(=O)CCCCOC1OC(CO)C(O)C(O)C1NC(C)=O)COCCC(=O)CCCCCC(=O)CCCCOC1OC(CO)C(O)C(O)C1NC(C)=O. The van der Waals surface area contributed by atoms with Crippen LogP contribution in [0.4, 0.5) is 0 Å². The number of unbranched alkanes of at least 4 members (excludes halogenated alkanes) is 9. The summed E-state index contributed by atoms with van der Waals surface area (Å²) in [4.78, 5) is 126. The summed E-state index contributed by atoms with van der Waals surface area (Å²) in [5.41, 5.74) is 0.363. The fraction of sp³-hybridized carbons (Fsp3) is 0.859. The molecule has 4 amide bonds. The van der Waals surface area contributed by atoms with E-state index in [0.717, 1.165) is 0 Å². The maximum Gasteiger partial charge on any atom is 0.220 e. The molecule has 0 radical (unpaired) electrons. The van der Waals surface area contributed by atoms with Gasteiger partial charge >= 0.3 is 0 Å². The van der Waals surface area contributed by atoms with Gasteiger partial charge in [0.1, 0.15) is 101 Å². The quantitative estimate of drug-likeness (QED) is 0.0369. The molecule has 3 aliphatic rings. The zero-order chi connectivity index (χ0) is 76.8. The Balaban J connectivity index is 1.49. The number of aliphatic hydroxyl groups excluding tert-OH is 9. The van der Waals surface area contributed by atoms with Gasteiger partial charge in [-0.05, 0) is 83.5 Å². The highest BCUT2D eigenvalue weighted by Crippen LogP contribution is 2.28. The minimum absolute atomic E-state index is 0.0149. The Labute approximate surface area is 606 Å². The van der Waals surface area contributed by atoms with Gasteiger partial charge in [-0.15, -0.1) is 0 Å². The summed E-state index contributed by atoms with van der Waals surface area (Å²) in [5.74, 6) is -2.75. The fourth-order valence-corrected chi connectivity index (χ4v) is 12.1. The number of hydrogen-bond acceptors (Lipinski definition) is 28. The van der Waals surface area contributed by atoms with Gasteiger partial charge in [-0.1, -0.05) is 26.2 Å². The maximum absolute atomic E-state index is 13.6. The lowest BCUT2D eigenvalue weighted by atomic mass is 9.92. The number of ether oxygens (including phenoxy) is 9. The lowest BCUT2D eigenvalue weighted by Gasteiger charge is -2.42. The minimum Gasteiger partial charge on any atom is -0.394 e. The van der Waals surface area contributed by atoms with Gasteiger partial charge in [0.05, 0.1) is 65.6 Å². The van der Waals surface area contributed by atoms with Crippen molar-refractivity contribution in [1.29, 1.82) is 0 Å². The van der Waals surface area contributed by atoms with Crippen LogP contribution in [-0.2, 0) is 90.6 Å². The number of aliphatic hydroxyl groups is 9. The molecule has 0 aliphatic carbocycles. The van der Waals surface area contributed by atoms with Crippen LogP contribution in [0.1, 0.15) is 213 Å². The molecule has 14 N–H and O–H groups in total. The second-order valence-electron chi connectivity index (χ2n) is 27.3. The molecule has 3 saturated heterocycles. The minimum atomic E-state index is -1.44. The van der Waals surface area contributed by atoms with E-state index in [2.05, 4.69) is 16.0 Å². The van der Waals surface area contributed by atoms with Gasteiger partial charge < -0.3 is 110 Å². The lowest BCUT2D eigenvalue weighted by Crippen LogP contribution is -2.64. The molecule has 3 rings (SSSR count). The molecule has 0 aromatic rings. The molecule has 594 valence electrons. The van der Waals surface area contributed by atoms with Crippen molar-refractivity contribution < 1.29 is 138 Å². The maximum atomic E-state index is 13.6. The van der Waals surface area contributed by atoms with Crippen LogP contribution in [0, 0.1) is 5.92 Å². The standard InChI is InChI=1S/C71H122N4O28/c1-46-62(89)63(90)55(40-76)101-68(46)98-34-16-13-26-49(81)20-7-4-10-23-52(84)31-37-95-43-71(75-59(88)30-19-29-58(72)87,44-96-38-32-53(85)24-11-5-8-21-50(82)27-14-17-35-99-69-60(73-47(2)79)66(93)64(91)56(41-77)102-69)45-97-39-33-54(86)25-12-6-9-22-51(83)28-15-18-36-100-70-61(74-48(3)80)67(94)65(92)57(42-78)103-70/h46,55-57,60-70,76-78,89-94H,4-45H2,1-3H3,(H2,72,87)(H,73,79)(H,74,80)(H,75,88)/i/hT. The van der Waals surface area contributed by atoms with E-state index in [-0.39, 0.29) is 165 Å². The largest absolute Gasteiger partial charge is 0.394 e. The molecule has 0 spiro atoms. The average Bonchev–Trinajstić information content (AvgIpc) is 0.830. The summed E-state index contributed by atoms with van der Waals surface area (Å²) in [7, 11) is 0. The summed E-state index contributed by atoms with van der Waals surface area (Å²) in [6, 6.07) is -2.14. The van der Waals surface area contributed by atoms with Gasteiger partial charge in [-0.25, -0.2) is 0 Å². The second kappa shape index (κ2) is 53.0. The molecule has 15 atom stereocenters. The van der Waals surface area contributed by atoms with Crippen molar-refractivity contribution >= 4 is 58.3 Å². The Bertz CT molecular complexity index is 2420. The van der Waals surface area contributed by atoms with Crippen LogP contribution >= 0.6 is 0 Å². The van der Waals surface area contributed by atoms with E-state index in [1.54, 1.807) is 12.7 Å². The topological polar surface area (TPSA) is 498 Å². The third-order valence-corrected chi connectivity index (χ3v) is 18.2. The molecule has 3 fully saturated rings. The van der Waals surface area contributed by atoms with Gasteiger partial charge in [0.15, 0.2) is 20.3 Å². The van der Waals surface area contributed by atoms with Crippen molar-refractivity contribution in [2.24, 2.45) is 11.6 Å². The number of ketones is 6. The first-order chi connectivity index (χ1) is 49.8.